The molecule has 0 aliphatic rings. The van der Waals surface area contributed by atoms with Crippen LogP contribution in [0.3, 0.4) is 0 Å². The molecule has 1 N–H and O–H groups in total. The lowest BCUT2D eigenvalue weighted by Gasteiger charge is -2.14. The van der Waals surface area contributed by atoms with E-state index in [4.69, 9.17) is 9.47 Å². The zero-order valence-corrected chi connectivity index (χ0v) is 15.4. The van der Waals surface area contributed by atoms with Gasteiger partial charge in [0.1, 0.15) is 5.82 Å². The number of aryl methyl sites for hydroxylation is 1. The number of methoxy groups -OCH3 is 1. The summed E-state index contributed by atoms with van der Waals surface area (Å²) in [5.74, 6) is 0.406. The molecule has 0 saturated heterocycles. The fraction of sp³-hybridized carbons (Fsp3) is 0.278. The molecule has 0 unspecified atom stereocenters. The number of anilines is 1. The minimum Gasteiger partial charge on any atom is -0.493 e. The second-order valence-corrected chi connectivity index (χ2v) is 6.11. The van der Waals surface area contributed by atoms with Crippen molar-refractivity contribution in [3.8, 4) is 11.5 Å². The summed E-state index contributed by atoms with van der Waals surface area (Å²) >= 11 is 3.41. The van der Waals surface area contributed by atoms with Crippen LogP contribution in [0.4, 0.5) is 10.1 Å². The van der Waals surface area contributed by atoms with Crippen LogP contribution in [0, 0.1) is 12.7 Å². The molecule has 2 aromatic carbocycles. The van der Waals surface area contributed by atoms with Crippen molar-refractivity contribution in [2.24, 2.45) is 0 Å². The molecule has 128 valence electrons. The predicted octanol–water partition coefficient (Wildman–Crippen LogP) is 4.95. The maximum Gasteiger partial charge on any atom is 0.255 e. The van der Waals surface area contributed by atoms with E-state index >= 15 is 0 Å². The Bertz CT molecular complexity index is 749. The molecule has 2 rings (SSSR count). The van der Waals surface area contributed by atoms with E-state index in [1.165, 1.54) is 19.2 Å². The molecule has 0 bridgehead atoms. The molecule has 0 atom stereocenters. The Morgan fingerprint density at radius 3 is 2.67 bits per heavy atom. The molecule has 0 fully saturated rings. The Hall–Kier alpha value is -2.08. The number of halogens is 2. The molecular weight excluding hydrogens is 377 g/mol. The van der Waals surface area contributed by atoms with E-state index in [1.807, 2.05) is 6.92 Å². The maximum absolute atomic E-state index is 13.3. The minimum atomic E-state index is -0.318. The van der Waals surface area contributed by atoms with Gasteiger partial charge in [-0.1, -0.05) is 6.92 Å². The minimum absolute atomic E-state index is 0.310. The molecule has 0 saturated carbocycles. The molecule has 4 nitrogen and oxygen atoms in total. The number of hydrogen-bond donors (Lipinski definition) is 1. The molecule has 0 aliphatic carbocycles. The number of carbonyl (C=O) groups excluding carboxylic acids is 1. The Morgan fingerprint density at radius 2 is 2.04 bits per heavy atom. The van der Waals surface area contributed by atoms with Gasteiger partial charge < -0.3 is 14.8 Å². The van der Waals surface area contributed by atoms with Crippen molar-refractivity contribution in [3.05, 3.63) is 51.7 Å². The highest BCUT2D eigenvalue weighted by molar-refractivity contribution is 9.10. The quantitative estimate of drug-likeness (QED) is 0.752. The second-order valence-electron chi connectivity index (χ2n) is 5.26. The van der Waals surface area contributed by atoms with Crippen LogP contribution in [0.1, 0.15) is 29.3 Å². The van der Waals surface area contributed by atoms with Gasteiger partial charge in [-0.05, 0) is 65.2 Å². The van der Waals surface area contributed by atoms with Crippen molar-refractivity contribution in [1.82, 2.24) is 0 Å². The highest BCUT2D eigenvalue weighted by atomic mass is 79.9. The molecule has 0 aromatic heterocycles. The summed E-state index contributed by atoms with van der Waals surface area (Å²) in [5.41, 5.74) is 1.40. The molecule has 6 heteroatoms. The summed E-state index contributed by atoms with van der Waals surface area (Å²) in [7, 11) is 1.52. The third-order valence-electron chi connectivity index (χ3n) is 3.36. The van der Waals surface area contributed by atoms with Gasteiger partial charge >= 0.3 is 0 Å². The summed E-state index contributed by atoms with van der Waals surface area (Å²) in [6.07, 6.45) is 0.863. The number of benzene rings is 2. The summed E-state index contributed by atoms with van der Waals surface area (Å²) in [6.45, 7) is 4.20. The first-order valence-corrected chi connectivity index (χ1v) is 8.33. The highest BCUT2D eigenvalue weighted by Crippen LogP contribution is 2.37. The molecule has 24 heavy (non-hydrogen) atoms. The Morgan fingerprint density at radius 1 is 1.29 bits per heavy atom. The van der Waals surface area contributed by atoms with Gasteiger partial charge in [-0.2, -0.15) is 0 Å². The number of nitrogens with one attached hydrogen (secondary N) is 1. The third kappa shape index (κ3) is 4.26. The fourth-order valence-electron chi connectivity index (χ4n) is 2.12. The van der Waals surface area contributed by atoms with E-state index in [2.05, 4.69) is 21.2 Å². The van der Waals surface area contributed by atoms with Gasteiger partial charge in [-0.25, -0.2) is 4.39 Å². The maximum atomic E-state index is 13.3. The Labute approximate surface area is 149 Å². The van der Waals surface area contributed by atoms with Crippen molar-refractivity contribution >= 4 is 27.5 Å². The van der Waals surface area contributed by atoms with Gasteiger partial charge in [-0.15, -0.1) is 0 Å². The van der Waals surface area contributed by atoms with E-state index in [-0.39, 0.29) is 11.7 Å². The van der Waals surface area contributed by atoms with Crippen LogP contribution in [0.5, 0.6) is 11.5 Å². The lowest BCUT2D eigenvalue weighted by molar-refractivity contribution is 0.102. The van der Waals surface area contributed by atoms with Crippen molar-refractivity contribution in [3.63, 3.8) is 0 Å². The first kappa shape index (κ1) is 18.3. The highest BCUT2D eigenvalue weighted by Gasteiger charge is 2.16. The lowest BCUT2D eigenvalue weighted by atomic mass is 10.1. The van der Waals surface area contributed by atoms with Crippen molar-refractivity contribution in [2.45, 2.75) is 20.3 Å². The van der Waals surface area contributed by atoms with E-state index in [1.54, 1.807) is 25.1 Å². The van der Waals surface area contributed by atoms with Crippen LogP contribution in [0.2, 0.25) is 0 Å². The normalized spacial score (nSPS) is 10.4. The van der Waals surface area contributed by atoms with E-state index < -0.39 is 0 Å². The van der Waals surface area contributed by atoms with Crippen molar-refractivity contribution < 1.29 is 18.7 Å². The van der Waals surface area contributed by atoms with E-state index in [0.29, 0.717) is 39.4 Å². The first-order valence-electron chi connectivity index (χ1n) is 7.54. The lowest BCUT2D eigenvalue weighted by Crippen LogP contribution is -2.13. The zero-order valence-electron chi connectivity index (χ0n) is 13.8. The van der Waals surface area contributed by atoms with Crippen LogP contribution in [-0.4, -0.2) is 19.6 Å². The predicted molar refractivity (Wildman–Crippen MR) is 95.6 cm³/mol. The molecular formula is C18H19BrFNO3. The van der Waals surface area contributed by atoms with Gasteiger partial charge in [0.15, 0.2) is 11.5 Å². The van der Waals surface area contributed by atoms with E-state index in [9.17, 15) is 9.18 Å². The van der Waals surface area contributed by atoms with Crippen LogP contribution >= 0.6 is 15.9 Å². The Kier molecular flexibility index (Phi) is 6.20. The van der Waals surface area contributed by atoms with Crippen molar-refractivity contribution in [2.75, 3.05) is 19.0 Å². The average Bonchev–Trinajstić information content (AvgIpc) is 2.56. The molecule has 1 amide bonds. The van der Waals surface area contributed by atoms with Crippen LogP contribution < -0.4 is 14.8 Å². The zero-order chi connectivity index (χ0) is 17.7. The second kappa shape index (κ2) is 8.15. The largest absolute Gasteiger partial charge is 0.493 e. The SMILES string of the molecule is CCCOc1c(Br)cc(C(=O)Nc2ccc(F)c(C)c2)cc1OC. The molecule has 0 radical (unpaired) electrons. The summed E-state index contributed by atoms with van der Waals surface area (Å²) < 4.78 is 24.9. The fourth-order valence-corrected chi connectivity index (χ4v) is 2.68. The number of ether oxygens (including phenoxy) is 2. The van der Waals surface area contributed by atoms with Gasteiger partial charge in [0.05, 0.1) is 18.2 Å². The van der Waals surface area contributed by atoms with Crippen LogP contribution in [0.15, 0.2) is 34.8 Å². The number of amides is 1. The summed E-state index contributed by atoms with van der Waals surface area (Å²) in [6, 6.07) is 7.70. The molecule has 0 aliphatic heterocycles. The van der Waals surface area contributed by atoms with Gasteiger partial charge in [0.2, 0.25) is 0 Å². The smallest absolute Gasteiger partial charge is 0.255 e. The first-order chi connectivity index (χ1) is 11.5. The third-order valence-corrected chi connectivity index (χ3v) is 3.95. The standard InChI is InChI=1S/C18H19BrFNO3/c1-4-7-24-17-14(19)9-12(10-16(17)23-3)18(22)21-13-5-6-15(20)11(2)8-13/h5-6,8-10H,4,7H2,1-3H3,(H,21,22). The van der Waals surface area contributed by atoms with E-state index in [0.717, 1.165) is 6.42 Å². The summed E-state index contributed by atoms with van der Waals surface area (Å²) in [5, 5.41) is 2.74. The van der Waals surface area contributed by atoms with Crippen molar-refractivity contribution in [1.29, 1.82) is 0 Å². The van der Waals surface area contributed by atoms with Gasteiger partial charge in [-0.3, -0.25) is 4.79 Å². The van der Waals surface area contributed by atoms with Crippen LogP contribution in [-0.2, 0) is 0 Å². The summed E-state index contributed by atoms with van der Waals surface area (Å²) in [4.78, 5) is 12.4. The molecule has 0 spiro atoms. The van der Waals surface area contributed by atoms with Crippen LogP contribution in [0.25, 0.3) is 0 Å². The number of carbonyl (C=O) groups is 1. The van der Waals surface area contributed by atoms with Gasteiger partial charge in [0, 0.05) is 11.3 Å². The number of hydrogen-bond acceptors (Lipinski definition) is 3. The monoisotopic (exact) mass is 395 g/mol. The topological polar surface area (TPSA) is 47.6 Å². The average molecular weight is 396 g/mol. The molecule has 2 aromatic rings. The Balaban J connectivity index is 2.25. The molecule has 0 heterocycles. The van der Waals surface area contributed by atoms with Gasteiger partial charge in [0.25, 0.3) is 5.91 Å². The number of rotatable bonds is 6.